The van der Waals surface area contributed by atoms with Gasteiger partial charge in [0.25, 0.3) is 0 Å². The molecule has 2 heterocycles. The van der Waals surface area contributed by atoms with E-state index < -0.39 is 9.84 Å². The summed E-state index contributed by atoms with van der Waals surface area (Å²) < 4.78 is 23.9. The van der Waals surface area contributed by atoms with Gasteiger partial charge >= 0.3 is 0 Å². The number of aromatic nitrogens is 5. The van der Waals surface area contributed by atoms with Crippen LogP contribution in [0, 0.1) is 0 Å². The fourth-order valence-electron chi connectivity index (χ4n) is 1.44. The minimum absolute atomic E-state index is 0.00942. The summed E-state index contributed by atoms with van der Waals surface area (Å²) in [6.45, 7) is 0.269. The summed E-state index contributed by atoms with van der Waals surface area (Å²) in [5, 5.41) is 0. The molecule has 20 heavy (non-hydrogen) atoms. The number of nitrogens with two attached hydrogens (primary N) is 1. The van der Waals surface area contributed by atoms with Gasteiger partial charge in [0.2, 0.25) is 17.8 Å². The first-order chi connectivity index (χ1) is 9.35. The molecule has 0 aliphatic heterocycles. The molecule has 2 N–H and O–H groups in total. The largest absolute Gasteiger partial charge is 0.368 e. The summed E-state index contributed by atoms with van der Waals surface area (Å²) in [4.78, 5) is 17.7. The summed E-state index contributed by atoms with van der Waals surface area (Å²) in [7, 11) is -1.36. The van der Waals surface area contributed by atoms with Crippen molar-refractivity contribution < 1.29 is 8.42 Å². The third kappa shape index (κ3) is 3.63. The van der Waals surface area contributed by atoms with Crippen molar-refractivity contribution in [2.45, 2.75) is 0 Å². The van der Waals surface area contributed by atoms with Crippen molar-refractivity contribution in [3.63, 3.8) is 0 Å². The van der Waals surface area contributed by atoms with Crippen molar-refractivity contribution in [1.29, 1.82) is 0 Å². The van der Waals surface area contributed by atoms with Crippen molar-refractivity contribution in [2.75, 3.05) is 36.2 Å². The fraction of sp³-hybridized carbons (Fsp3) is 0.400. The molecule has 2 rings (SSSR count). The maximum absolute atomic E-state index is 11.2. The first kappa shape index (κ1) is 14.2. The van der Waals surface area contributed by atoms with E-state index in [0.717, 1.165) is 0 Å². The Morgan fingerprint density at radius 2 is 2.10 bits per heavy atom. The average molecular weight is 297 g/mol. The van der Waals surface area contributed by atoms with Crippen LogP contribution in [0.3, 0.4) is 0 Å². The van der Waals surface area contributed by atoms with Crippen LogP contribution >= 0.6 is 0 Å². The van der Waals surface area contributed by atoms with Crippen LogP contribution in [0.15, 0.2) is 18.7 Å². The van der Waals surface area contributed by atoms with E-state index in [0.29, 0.717) is 11.9 Å². The molecule has 2 aromatic rings. The van der Waals surface area contributed by atoms with Crippen molar-refractivity contribution in [3.05, 3.63) is 18.7 Å². The molecule has 0 aliphatic rings. The molecule has 0 spiro atoms. The molecule has 2 aromatic heterocycles. The van der Waals surface area contributed by atoms with Crippen LogP contribution in [0.5, 0.6) is 0 Å². The third-order valence-electron chi connectivity index (χ3n) is 2.50. The fourth-order valence-corrected chi connectivity index (χ4v) is 2.04. The average Bonchev–Trinajstić information content (AvgIpc) is 2.88. The molecule has 0 bridgehead atoms. The SMILES string of the molecule is CN(CCS(C)(=O)=O)c1nc(N)nc(-n2ccnc2)n1. The molecule has 0 saturated heterocycles. The van der Waals surface area contributed by atoms with Gasteiger partial charge in [-0.3, -0.25) is 4.57 Å². The highest BCUT2D eigenvalue weighted by Gasteiger charge is 2.12. The number of hydrogen-bond acceptors (Lipinski definition) is 8. The molecule has 0 radical (unpaired) electrons. The number of anilines is 2. The van der Waals surface area contributed by atoms with E-state index in [2.05, 4.69) is 19.9 Å². The molecule has 0 saturated carbocycles. The Bertz CT molecular complexity index is 684. The Hall–Kier alpha value is -2.23. The summed E-state index contributed by atoms with van der Waals surface area (Å²) >= 11 is 0. The molecule has 108 valence electrons. The van der Waals surface area contributed by atoms with Gasteiger partial charge in [-0.1, -0.05) is 0 Å². The molecule has 0 fully saturated rings. The summed E-state index contributed by atoms with van der Waals surface area (Å²) in [5.74, 6) is 0.709. The van der Waals surface area contributed by atoms with Crippen molar-refractivity contribution in [3.8, 4) is 5.95 Å². The zero-order valence-electron chi connectivity index (χ0n) is 11.1. The van der Waals surface area contributed by atoms with Crippen LogP contribution in [0.1, 0.15) is 0 Å². The normalized spacial score (nSPS) is 11.5. The smallest absolute Gasteiger partial charge is 0.241 e. The van der Waals surface area contributed by atoms with Crippen molar-refractivity contribution in [1.82, 2.24) is 24.5 Å². The maximum atomic E-state index is 11.2. The Balaban J connectivity index is 2.24. The topological polar surface area (TPSA) is 120 Å². The van der Waals surface area contributed by atoms with E-state index in [1.807, 2.05) is 0 Å². The van der Waals surface area contributed by atoms with Crippen LogP contribution in [0.4, 0.5) is 11.9 Å². The van der Waals surface area contributed by atoms with Gasteiger partial charge in [0, 0.05) is 32.2 Å². The standard InChI is InChI=1S/C10H15N7O2S/c1-16(5-6-20(2,18)19)9-13-8(11)14-10(15-9)17-4-3-12-7-17/h3-4,7H,5-6H2,1-2H3,(H2,11,13,14,15). The molecular weight excluding hydrogens is 282 g/mol. The second-order valence-electron chi connectivity index (χ2n) is 4.31. The summed E-state index contributed by atoms with van der Waals surface area (Å²) in [5.41, 5.74) is 5.64. The van der Waals surface area contributed by atoms with Crippen LogP contribution in [0.2, 0.25) is 0 Å². The van der Waals surface area contributed by atoms with Crippen LogP contribution < -0.4 is 10.6 Å². The van der Waals surface area contributed by atoms with E-state index in [9.17, 15) is 8.42 Å². The number of rotatable bonds is 5. The van der Waals surface area contributed by atoms with Gasteiger partial charge in [-0.2, -0.15) is 15.0 Å². The van der Waals surface area contributed by atoms with Crippen LogP contribution in [-0.4, -0.2) is 58.5 Å². The predicted molar refractivity (Wildman–Crippen MR) is 74.3 cm³/mol. The quantitative estimate of drug-likeness (QED) is 0.755. The highest BCUT2D eigenvalue weighted by molar-refractivity contribution is 7.90. The lowest BCUT2D eigenvalue weighted by Crippen LogP contribution is -2.27. The predicted octanol–water partition coefficient (Wildman–Crippen LogP) is -0.880. The lowest BCUT2D eigenvalue weighted by molar-refractivity contribution is 0.600. The van der Waals surface area contributed by atoms with Crippen molar-refractivity contribution in [2.24, 2.45) is 0 Å². The molecular formula is C10H15N7O2S. The highest BCUT2D eigenvalue weighted by Crippen LogP contribution is 2.10. The Labute approximate surface area is 116 Å². The molecule has 0 aliphatic carbocycles. The van der Waals surface area contributed by atoms with E-state index in [-0.39, 0.29) is 18.2 Å². The van der Waals surface area contributed by atoms with Gasteiger partial charge in [-0.15, -0.1) is 0 Å². The second-order valence-corrected chi connectivity index (χ2v) is 6.57. The summed E-state index contributed by atoms with van der Waals surface area (Å²) in [6, 6.07) is 0. The number of nitrogen functional groups attached to an aromatic ring is 1. The maximum Gasteiger partial charge on any atom is 0.241 e. The van der Waals surface area contributed by atoms with Gasteiger partial charge in [-0.05, 0) is 0 Å². The number of hydrogen-bond donors (Lipinski definition) is 1. The van der Waals surface area contributed by atoms with E-state index >= 15 is 0 Å². The van der Waals surface area contributed by atoms with E-state index in [1.165, 1.54) is 12.6 Å². The molecule has 9 nitrogen and oxygen atoms in total. The zero-order valence-corrected chi connectivity index (χ0v) is 11.9. The van der Waals surface area contributed by atoms with Gasteiger partial charge in [0.05, 0.1) is 5.75 Å². The van der Waals surface area contributed by atoms with E-state index in [1.54, 1.807) is 28.9 Å². The first-order valence-electron chi connectivity index (χ1n) is 5.74. The highest BCUT2D eigenvalue weighted by atomic mass is 32.2. The van der Waals surface area contributed by atoms with Crippen LogP contribution in [0.25, 0.3) is 5.95 Å². The second kappa shape index (κ2) is 5.41. The zero-order chi connectivity index (χ0) is 14.8. The number of sulfone groups is 1. The Kier molecular flexibility index (Phi) is 3.84. The molecule has 0 unspecified atom stereocenters. The lowest BCUT2D eigenvalue weighted by Gasteiger charge is -2.17. The van der Waals surface area contributed by atoms with Gasteiger partial charge < -0.3 is 10.6 Å². The van der Waals surface area contributed by atoms with Gasteiger partial charge in [0.1, 0.15) is 16.2 Å². The van der Waals surface area contributed by atoms with Gasteiger partial charge in [-0.25, -0.2) is 13.4 Å². The number of nitrogens with zero attached hydrogens (tertiary/aromatic N) is 6. The molecule has 10 heteroatoms. The first-order valence-corrected chi connectivity index (χ1v) is 7.80. The molecule has 0 amide bonds. The summed E-state index contributed by atoms with van der Waals surface area (Å²) in [6.07, 6.45) is 5.98. The minimum Gasteiger partial charge on any atom is -0.368 e. The third-order valence-corrected chi connectivity index (χ3v) is 3.43. The number of imidazole rings is 1. The Morgan fingerprint density at radius 3 is 2.70 bits per heavy atom. The van der Waals surface area contributed by atoms with Gasteiger partial charge in [0.15, 0.2) is 0 Å². The minimum atomic E-state index is -3.05. The monoisotopic (exact) mass is 297 g/mol. The van der Waals surface area contributed by atoms with E-state index in [4.69, 9.17) is 5.73 Å². The lowest BCUT2D eigenvalue weighted by atomic mass is 10.6. The molecule has 0 atom stereocenters. The van der Waals surface area contributed by atoms with Crippen LogP contribution in [-0.2, 0) is 9.84 Å². The Morgan fingerprint density at radius 1 is 1.35 bits per heavy atom. The molecule has 0 aromatic carbocycles. The van der Waals surface area contributed by atoms with Crippen molar-refractivity contribution >= 4 is 21.7 Å².